The fourth-order valence-corrected chi connectivity index (χ4v) is 1.91. The molecule has 0 radical (unpaired) electrons. The molecule has 0 saturated carbocycles. The van der Waals surface area contributed by atoms with Gasteiger partial charge in [0, 0.05) is 18.7 Å². The maximum atomic E-state index is 11.8. The van der Waals surface area contributed by atoms with Crippen LogP contribution >= 0.6 is 0 Å². The standard InChI is InChI=1S/C10H12BNO3/c1-2-12-6-8-7(10(12)13)4-3-5-9(8)11(14)15/h3-5,14-15H,2,6H2,1H3. The summed E-state index contributed by atoms with van der Waals surface area (Å²) < 4.78 is 0. The third kappa shape index (κ3) is 1.54. The molecule has 2 rings (SSSR count). The number of hydrogen-bond acceptors (Lipinski definition) is 3. The van der Waals surface area contributed by atoms with E-state index in [1.54, 1.807) is 23.1 Å². The first kappa shape index (κ1) is 10.2. The Balaban J connectivity index is 2.49. The Kier molecular flexibility index (Phi) is 2.50. The van der Waals surface area contributed by atoms with E-state index in [9.17, 15) is 4.79 Å². The Bertz CT molecular complexity index is 406. The lowest BCUT2D eigenvalue weighted by Crippen LogP contribution is -2.33. The molecule has 0 unspecified atom stereocenters. The molecule has 78 valence electrons. The molecule has 1 aromatic rings. The van der Waals surface area contributed by atoms with Crippen molar-refractivity contribution in [2.45, 2.75) is 13.5 Å². The van der Waals surface area contributed by atoms with E-state index in [0.717, 1.165) is 5.56 Å². The van der Waals surface area contributed by atoms with Crippen molar-refractivity contribution in [2.24, 2.45) is 0 Å². The van der Waals surface area contributed by atoms with Crippen LogP contribution in [-0.2, 0) is 6.54 Å². The van der Waals surface area contributed by atoms with Crippen LogP contribution in [0.25, 0.3) is 0 Å². The topological polar surface area (TPSA) is 60.8 Å². The quantitative estimate of drug-likeness (QED) is 0.630. The highest BCUT2D eigenvalue weighted by molar-refractivity contribution is 6.59. The van der Waals surface area contributed by atoms with E-state index in [0.29, 0.717) is 24.1 Å². The van der Waals surface area contributed by atoms with Gasteiger partial charge in [-0.2, -0.15) is 0 Å². The molecule has 0 saturated heterocycles. The number of nitrogens with zero attached hydrogens (tertiary/aromatic N) is 1. The Morgan fingerprint density at radius 2 is 2.20 bits per heavy atom. The molecule has 1 aliphatic heterocycles. The van der Waals surface area contributed by atoms with Crippen LogP contribution in [0.5, 0.6) is 0 Å². The zero-order chi connectivity index (χ0) is 11.0. The SMILES string of the molecule is CCN1Cc2c(B(O)O)cccc2C1=O. The summed E-state index contributed by atoms with van der Waals surface area (Å²) in [6.45, 7) is 3.01. The highest BCUT2D eigenvalue weighted by Gasteiger charge is 2.30. The van der Waals surface area contributed by atoms with E-state index in [1.807, 2.05) is 6.92 Å². The minimum atomic E-state index is -1.51. The van der Waals surface area contributed by atoms with E-state index in [1.165, 1.54) is 0 Å². The summed E-state index contributed by atoms with van der Waals surface area (Å²) in [4.78, 5) is 13.4. The van der Waals surface area contributed by atoms with E-state index in [-0.39, 0.29) is 5.91 Å². The normalized spacial score (nSPS) is 14.3. The van der Waals surface area contributed by atoms with Gasteiger partial charge in [-0.3, -0.25) is 4.79 Å². The third-order valence-corrected chi connectivity index (χ3v) is 2.74. The van der Waals surface area contributed by atoms with Crippen molar-refractivity contribution in [3.8, 4) is 0 Å². The summed E-state index contributed by atoms with van der Waals surface area (Å²) >= 11 is 0. The van der Waals surface area contributed by atoms with Gasteiger partial charge in [0.25, 0.3) is 5.91 Å². The van der Waals surface area contributed by atoms with Gasteiger partial charge in [0.05, 0.1) is 0 Å². The lowest BCUT2D eigenvalue weighted by atomic mass is 9.76. The number of amides is 1. The van der Waals surface area contributed by atoms with Crippen LogP contribution in [0.4, 0.5) is 0 Å². The van der Waals surface area contributed by atoms with Gasteiger partial charge in [-0.15, -0.1) is 0 Å². The molecule has 2 N–H and O–H groups in total. The molecule has 15 heavy (non-hydrogen) atoms. The van der Waals surface area contributed by atoms with Gasteiger partial charge in [-0.05, 0) is 24.0 Å². The summed E-state index contributed by atoms with van der Waals surface area (Å²) in [6, 6.07) is 5.03. The first-order valence-electron chi connectivity index (χ1n) is 4.92. The first-order valence-corrected chi connectivity index (χ1v) is 4.92. The fourth-order valence-electron chi connectivity index (χ4n) is 1.91. The Morgan fingerprint density at radius 1 is 1.47 bits per heavy atom. The average molecular weight is 205 g/mol. The van der Waals surface area contributed by atoms with Crippen LogP contribution in [0.3, 0.4) is 0 Å². The van der Waals surface area contributed by atoms with Gasteiger partial charge in [-0.25, -0.2) is 0 Å². The van der Waals surface area contributed by atoms with Gasteiger partial charge in [-0.1, -0.05) is 12.1 Å². The molecule has 0 atom stereocenters. The van der Waals surface area contributed by atoms with Crippen molar-refractivity contribution in [1.82, 2.24) is 4.90 Å². The minimum absolute atomic E-state index is 0.0324. The highest BCUT2D eigenvalue weighted by atomic mass is 16.4. The smallest absolute Gasteiger partial charge is 0.423 e. The highest BCUT2D eigenvalue weighted by Crippen LogP contribution is 2.20. The summed E-state index contributed by atoms with van der Waals surface area (Å²) in [5, 5.41) is 18.3. The Labute approximate surface area is 88.3 Å². The van der Waals surface area contributed by atoms with E-state index < -0.39 is 7.12 Å². The molecule has 1 heterocycles. The zero-order valence-corrected chi connectivity index (χ0v) is 8.47. The van der Waals surface area contributed by atoms with Crippen LogP contribution in [-0.4, -0.2) is 34.5 Å². The molecule has 0 aromatic heterocycles. The lowest BCUT2D eigenvalue weighted by molar-refractivity contribution is 0.0787. The lowest BCUT2D eigenvalue weighted by Gasteiger charge is -2.11. The fraction of sp³-hybridized carbons (Fsp3) is 0.300. The molecular weight excluding hydrogens is 193 g/mol. The van der Waals surface area contributed by atoms with Crippen molar-refractivity contribution in [2.75, 3.05) is 6.54 Å². The van der Waals surface area contributed by atoms with E-state index in [4.69, 9.17) is 10.0 Å². The number of carbonyl (C=O) groups excluding carboxylic acids is 1. The van der Waals surface area contributed by atoms with Crippen LogP contribution in [0, 0.1) is 0 Å². The molecule has 0 spiro atoms. The van der Waals surface area contributed by atoms with Crippen molar-refractivity contribution < 1.29 is 14.8 Å². The number of benzene rings is 1. The number of carbonyl (C=O) groups is 1. The molecule has 4 nitrogen and oxygen atoms in total. The molecular formula is C10H12BNO3. The molecule has 1 amide bonds. The monoisotopic (exact) mass is 205 g/mol. The van der Waals surface area contributed by atoms with Crippen molar-refractivity contribution in [3.63, 3.8) is 0 Å². The van der Waals surface area contributed by atoms with Gasteiger partial charge in [0.2, 0.25) is 0 Å². The molecule has 1 aliphatic rings. The largest absolute Gasteiger partial charge is 0.488 e. The summed E-state index contributed by atoms with van der Waals surface area (Å²) in [7, 11) is -1.51. The average Bonchev–Trinajstić information content (AvgIpc) is 2.55. The molecule has 0 aliphatic carbocycles. The maximum Gasteiger partial charge on any atom is 0.488 e. The molecule has 5 heteroatoms. The van der Waals surface area contributed by atoms with Gasteiger partial charge in [0.15, 0.2) is 0 Å². The second-order valence-electron chi connectivity index (χ2n) is 3.57. The summed E-state index contributed by atoms with van der Waals surface area (Å²) in [6.07, 6.45) is 0. The third-order valence-electron chi connectivity index (χ3n) is 2.74. The summed E-state index contributed by atoms with van der Waals surface area (Å²) in [5.41, 5.74) is 1.75. The predicted molar refractivity (Wildman–Crippen MR) is 56.7 cm³/mol. The van der Waals surface area contributed by atoms with Crippen LogP contribution in [0.2, 0.25) is 0 Å². The van der Waals surface area contributed by atoms with Crippen molar-refractivity contribution in [3.05, 3.63) is 29.3 Å². The van der Waals surface area contributed by atoms with Gasteiger partial charge in [0.1, 0.15) is 0 Å². The molecule has 0 fully saturated rings. The first-order chi connectivity index (χ1) is 7.15. The van der Waals surface area contributed by atoms with E-state index in [2.05, 4.69) is 0 Å². The summed E-state index contributed by atoms with van der Waals surface area (Å²) in [5.74, 6) is -0.0324. The van der Waals surface area contributed by atoms with Crippen LogP contribution in [0.1, 0.15) is 22.8 Å². The van der Waals surface area contributed by atoms with Crippen LogP contribution in [0.15, 0.2) is 18.2 Å². The second kappa shape index (κ2) is 3.68. The maximum absolute atomic E-state index is 11.8. The van der Waals surface area contributed by atoms with Gasteiger partial charge < -0.3 is 14.9 Å². The number of fused-ring (bicyclic) bond motifs is 1. The Morgan fingerprint density at radius 3 is 2.80 bits per heavy atom. The Hall–Kier alpha value is -1.33. The van der Waals surface area contributed by atoms with Crippen LogP contribution < -0.4 is 5.46 Å². The number of rotatable bonds is 2. The predicted octanol–water partition coefficient (Wildman–Crippen LogP) is -0.658. The van der Waals surface area contributed by atoms with Crippen molar-refractivity contribution >= 4 is 18.5 Å². The van der Waals surface area contributed by atoms with E-state index >= 15 is 0 Å². The second-order valence-corrected chi connectivity index (χ2v) is 3.57. The number of hydrogen-bond donors (Lipinski definition) is 2. The zero-order valence-electron chi connectivity index (χ0n) is 8.47. The molecule has 1 aromatic carbocycles. The van der Waals surface area contributed by atoms with Crippen molar-refractivity contribution in [1.29, 1.82) is 0 Å². The van der Waals surface area contributed by atoms with Gasteiger partial charge >= 0.3 is 7.12 Å². The molecule has 0 bridgehead atoms. The minimum Gasteiger partial charge on any atom is -0.423 e.